The largest absolute Gasteiger partial charge is 0.490 e. The Kier molecular flexibility index (Phi) is 7.26. The van der Waals surface area contributed by atoms with Gasteiger partial charge < -0.3 is 20.7 Å². The van der Waals surface area contributed by atoms with Crippen molar-refractivity contribution < 1.29 is 27.9 Å². The van der Waals surface area contributed by atoms with E-state index in [1.165, 1.54) is 22.6 Å². The number of thiophene rings is 1. The molecule has 1 amide bonds. The van der Waals surface area contributed by atoms with Crippen LogP contribution in [-0.4, -0.2) is 39.7 Å². The topological polar surface area (TPSA) is 124 Å². The van der Waals surface area contributed by atoms with Gasteiger partial charge in [-0.15, -0.1) is 11.3 Å². The normalized spacial score (nSPS) is 15.8. The van der Waals surface area contributed by atoms with Crippen molar-refractivity contribution in [2.45, 2.75) is 31.6 Å². The summed E-state index contributed by atoms with van der Waals surface area (Å²) in [6.45, 7) is 1.22. The number of carbonyl (C=O) groups excluding carboxylic acids is 1. The summed E-state index contributed by atoms with van der Waals surface area (Å²) < 4.78 is 31.7. The highest BCUT2D eigenvalue weighted by Gasteiger charge is 2.38. The molecule has 0 spiro atoms. The first-order valence-corrected chi connectivity index (χ1v) is 10.4. The van der Waals surface area contributed by atoms with Gasteiger partial charge in [0.25, 0.3) is 11.5 Å². The van der Waals surface area contributed by atoms with Crippen LogP contribution in [0.15, 0.2) is 41.2 Å². The highest BCUT2D eigenvalue weighted by atomic mass is 32.1. The van der Waals surface area contributed by atoms with Gasteiger partial charge in [0.2, 0.25) is 0 Å². The van der Waals surface area contributed by atoms with Crippen molar-refractivity contribution in [3.8, 4) is 0 Å². The Bertz CT molecular complexity index is 1170. The van der Waals surface area contributed by atoms with Crippen LogP contribution in [0.3, 0.4) is 0 Å². The predicted molar refractivity (Wildman–Crippen MR) is 112 cm³/mol. The molecule has 0 bridgehead atoms. The van der Waals surface area contributed by atoms with E-state index in [9.17, 15) is 22.8 Å². The van der Waals surface area contributed by atoms with Crippen LogP contribution in [-0.2, 0) is 11.3 Å². The van der Waals surface area contributed by atoms with Crippen LogP contribution in [0, 0.1) is 0 Å². The Labute approximate surface area is 183 Å². The van der Waals surface area contributed by atoms with Gasteiger partial charge in [0.15, 0.2) is 0 Å². The smallest absolute Gasteiger partial charge is 0.475 e. The summed E-state index contributed by atoms with van der Waals surface area (Å²) in [4.78, 5) is 42.3. The molecule has 0 radical (unpaired) electrons. The molecule has 1 aliphatic rings. The summed E-state index contributed by atoms with van der Waals surface area (Å²) in [5.41, 5.74) is 0.432. The summed E-state index contributed by atoms with van der Waals surface area (Å²) in [6.07, 6.45) is -2.80. The van der Waals surface area contributed by atoms with Crippen LogP contribution in [0.25, 0.3) is 10.9 Å². The number of rotatable bonds is 4. The Morgan fingerprint density at radius 1 is 1.22 bits per heavy atom. The molecule has 4 rings (SSSR count). The summed E-state index contributed by atoms with van der Waals surface area (Å²) >= 11 is 1.51. The molecule has 32 heavy (non-hydrogen) atoms. The molecule has 2 aromatic heterocycles. The van der Waals surface area contributed by atoms with Crippen molar-refractivity contribution in [1.29, 1.82) is 0 Å². The Hall–Kier alpha value is -3.25. The van der Waals surface area contributed by atoms with Gasteiger partial charge in [0.05, 0.1) is 22.3 Å². The molecule has 3 heterocycles. The molecule has 0 aliphatic carbocycles. The molecule has 4 N–H and O–H groups in total. The fourth-order valence-electron chi connectivity index (χ4n) is 3.06. The van der Waals surface area contributed by atoms with E-state index >= 15 is 0 Å². The second-order valence-electron chi connectivity index (χ2n) is 6.87. The van der Waals surface area contributed by atoms with Gasteiger partial charge in [-0.2, -0.15) is 13.2 Å². The van der Waals surface area contributed by atoms with Gasteiger partial charge in [-0.25, -0.2) is 9.78 Å². The first kappa shape index (κ1) is 23.4. The fraction of sp³-hybridized carbons (Fsp3) is 0.300. The van der Waals surface area contributed by atoms with E-state index in [0.29, 0.717) is 27.6 Å². The Balaban J connectivity index is 0.000000360. The molecule has 1 aliphatic heterocycles. The lowest BCUT2D eigenvalue weighted by Gasteiger charge is -2.06. The minimum absolute atomic E-state index is 0.148. The number of amides is 1. The van der Waals surface area contributed by atoms with Crippen LogP contribution in [0.1, 0.15) is 39.3 Å². The van der Waals surface area contributed by atoms with E-state index in [1.54, 1.807) is 18.2 Å². The zero-order chi connectivity index (χ0) is 23.3. The highest BCUT2D eigenvalue weighted by Crippen LogP contribution is 2.29. The van der Waals surface area contributed by atoms with E-state index in [4.69, 9.17) is 9.90 Å². The third-order valence-corrected chi connectivity index (χ3v) is 5.77. The molecule has 170 valence electrons. The van der Waals surface area contributed by atoms with Crippen molar-refractivity contribution in [3.05, 3.63) is 62.3 Å². The minimum atomic E-state index is -5.08. The van der Waals surface area contributed by atoms with E-state index in [2.05, 4.69) is 20.6 Å². The SMILES string of the molecule is O=C(NCc1nc2ccccc2c(=O)[nH]1)c1ccc(C2CCCN2)s1.O=C(O)C(F)(F)F. The maximum atomic E-state index is 12.4. The fourth-order valence-corrected chi connectivity index (χ4v) is 4.09. The van der Waals surface area contributed by atoms with Crippen molar-refractivity contribution in [2.75, 3.05) is 6.54 Å². The number of hydrogen-bond acceptors (Lipinski definition) is 6. The monoisotopic (exact) mass is 468 g/mol. The molecular formula is C20H19F3N4O4S. The van der Waals surface area contributed by atoms with Gasteiger partial charge in [-0.3, -0.25) is 9.59 Å². The number of carbonyl (C=O) groups is 2. The number of nitrogens with one attached hydrogen (secondary N) is 3. The summed E-state index contributed by atoms with van der Waals surface area (Å²) in [5.74, 6) is -2.45. The number of aromatic nitrogens is 2. The number of fused-ring (bicyclic) bond motifs is 1. The Morgan fingerprint density at radius 2 is 1.94 bits per heavy atom. The van der Waals surface area contributed by atoms with E-state index in [0.717, 1.165) is 13.0 Å². The summed E-state index contributed by atoms with van der Waals surface area (Å²) in [5, 5.41) is 13.9. The van der Waals surface area contributed by atoms with E-state index in [1.807, 2.05) is 18.2 Å². The number of halogens is 3. The van der Waals surface area contributed by atoms with Gasteiger partial charge >= 0.3 is 12.1 Å². The minimum Gasteiger partial charge on any atom is -0.475 e. The first-order valence-electron chi connectivity index (χ1n) is 9.54. The number of aliphatic carboxylic acids is 1. The zero-order valence-corrected chi connectivity index (χ0v) is 17.3. The maximum Gasteiger partial charge on any atom is 0.490 e. The number of nitrogens with zero attached hydrogens (tertiary/aromatic N) is 1. The van der Waals surface area contributed by atoms with Gasteiger partial charge in [0.1, 0.15) is 5.82 Å². The van der Waals surface area contributed by atoms with Crippen molar-refractivity contribution in [3.63, 3.8) is 0 Å². The van der Waals surface area contributed by atoms with Crippen LogP contribution in [0.2, 0.25) is 0 Å². The second-order valence-corrected chi connectivity index (χ2v) is 7.98. The van der Waals surface area contributed by atoms with Crippen molar-refractivity contribution in [1.82, 2.24) is 20.6 Å². The van der Waals surface area contributed by atoms with Crippen LogP contribution in [0.5, 0.6) is 0 Å². The van der Waals surface area contributed by atoms with Crippen LogP contribution in [0.4, 0.5) is 13.2 Å². The first-order chi connectivity index (χ1) is 15.1. The third kappa shape index (κ3) is 5.92. The lowest BCUT2D eigenvalue weighted by atomic mass is 10.2. The molecule has 3 aromatic rings. The number of carboxylic acid groups (broad SMARTS) is 1. The van der Waals surface area contributed by atoms with Crippen LogP contribution >= 0.6 is 11.3 Å². The molecule has 12 heteroatoms. The number of aromatic amines is 1. The van der Waals surface area contributed by atoms with Crippen molar-refractivity contribution >= 4 is 34.1 Å². The number of benzene rings is 1. The molecule has 1 saturated heterocycles. The lowest BCUT2D eigenvalue weighted by molar-refractivity contribution is -0.192. The highest BCUT2D eigenvalue weighted by molar-refractivity contribution is 7.14. The third-order valence-electron chi connectivity index (χ3n) is 4.58. The van der Waals surface area contributed by atoms with E-state index in [-0.39, 0.29) is 18.0 Å². The molecule has 0 saturated carbocycles. The summed E-state index contributed by atoms with van der Waals surface area (Å²) in [6, 6.07) is 11.4. The predicted octanol–water partition coefficient (Wildman–Crippen LogP) is 2.97. The number of carboxylic acids is 1. The molecule has 1 fully saturated rings. The quantitative estimate of drug-likeness (QED) is 0.467. The van der Waals surface area contributed by atoms with Gasteiger partial charge in [0, 0.05) is 10.9 Å². The number of para-hydroxylation sites is 1. The molecule has 1 unspecified atom stereocenters. The molecule has 1 aromatic carbocycles. The van der Waals surface area contributed by atoms with Crippen LogP contribution < -0.4 is 16.2 Å². The number of alkyl halides is 3. The molecule has 8 nitrogen and oxygen atoms in total. The Morgan fingerprint density at radius 3 is 2.59 bits per heavy atom. The average molecular weight is 468 g/mol. The van der Waals surface area contributed by atoms with Gasteiger partial charge in [-0.1, -0.05) is 12.1 Å². The standard InChI is InChI=1S/C18H18N4O2S.C2HF3O2/c23-17-11-4-1-2-5-12(11)21-16(22-17)10-20-18(24)15-8-7-14(25-15)13-6-3-9-19-13;3-2(4,5)1(6)7/h1-2,4-5,7-8,13,19H,3,6,9-10H2,(H,20,24)(H,21,22,23);(H,6,7). The zero-order valence-electron chi connectivity index (χ0n) is 16.5. The number of hydrogen-bond donors (Lipinski definition) is 4. The molecule has 1 atom stereocenters. The number of H-pyrrole nitrogens is 1. The average Bonchev–Trinajstić information content (AvgIpc) is 3.43. The lowest BCUT2D eigenvalue weighted by Crippen LogP contribution is -2.25. The second kappa shape index (κ2) is 9.92. The van der Waals surface area contributed by atoms with E-state index < -0.39 is 12.1 Å². The van der Waals surface area contributed by atoms with Crippen molar-refractivity contribution in [2.24, 2.45) is 0 Å². The van der Waals surface area contributed by atoms with Gasteiger partial charge in [-0.05, 0) is 43.7 Å². The molecular weight excluding hydrogens is 449 g/mol. The summed E-state index contributed by atoms with van der Waals surface area (Å²) in [7, 11) is 0. The maximum absolute atomic E-state index is 12.4.